The zero-order valence-electron chi connectivity index (χ0n) is 26.8. The van der Waals surface area contributed by atoms with Crippen molar-refractivity contribution < 1.29 is 33.3 Å². The Bertz CT molecular complexity index is 1720. The van der Waals surface area contributed by atoms with Crippen LogP contribution in [-0.2, 0) is 16.0 Å². The van der Waals surface area contributed by atoms with Gasteiger partial charge >= 0.3 is 5.97 Å². The zero-order chi connectivity index (χ0) is 33.7. The minimum absolute atomic E-state index is 0.0294. The number of likely N-dealkylation sites (N-methyl/N-ethyl adjacent to an activating group) is 1. The number of para-hydroxylation sites is 1. The van der Waals surface area contributed by atoms with E-state index in [1.165, 1.54) is 4.90 Å². The van der Waals surface area contributed by atoms with Crippen LogP contribution in [-0.4, -0.2) is 105 Å². The Morgan fingerprint density at radius 1 is 1.04 bits per heavy atom. The normalized spacial score (nSPS) is 22.4. The van der Waals surface area contributed by atoms with Gasteiger partial charge in [-0.25, -0.2) is 9.18 Å². The van der Waals surface area contributed by atoms with Crippen molar-refractivity contribution in [3.8, 4) is 16.9 Å². The van der Waals surface area contributed by atoms with E-state index in [-0.39, 0.29) is 64.0 Å². The second-order valence-corrected chi connectivity index (χ2v) is 13.7. The van der Waals surface area contributed by atoms with E-state index in [4.69, 9.17) is 37.4 Å². The highest BCUT2D eigenvalue weighted by molar-refractivity contribution is 6.40. The molecule has 2 bridgehead atoms. The molecule has 0 spiro atoms. The molecule has 1 amide bonds. The number of benzene rings is 3. The van der Waals surface area contributed by atoms with Crippen LogP contribution in [0.3, 0.4) is 0 Å². The van der Waals surface area contributed by atoms with Crippen molar-refractivity contribution in [1.29, 1.82) is 0 Å². The van der Waals surface area contributed by atoms with Crippen LogP contribution >= 0.6 is 23.2 Å². The highest BCUT2D eigenvalue weighted by Crippen LogP contribution is 2.43. The Hall–Kier alpha value is -3.61. The van der Waals surface area contributed by atoms with Gasteiger partial charge in [-0.3, -0.25) is 4.79 Å². The first-order valence-corrected chi connectivity index (χ1v) is 16.8. The number of fused-ring (bicyclic) bond motifs is 3. The number of halogens is 3. The number of amides is 1. The molecule has 3 aromatic carbocycles. The van der Waals surface area contributed by atoms with Gasteiger partial charge < -0.3 is 38.9 Å². The number of carbonyl (C=O) groups is 2. The Labute approximate surface area is 288 Å². The van der Waals surface area contributed by atoms with Gasteiger partial charge in [-0.05, 0) is 44.2 Å². The number of ether oxygens (including phenoxy) is 3. The third-order valence-electron chi connectivity index (χ3n) is 9.85. The highest BCUT2D eigenvalue weighted by atomic mass is 35.5. The number of hydrogen-bond donors (Lipinski definition) is 1. The molecular weight excluding hydrogens is 662 g/mol. The lowest BCUT2D eigenvalue weighted by Gasteiger charge is -2.41. The molecule has 0 aliphatic carbocycles. The van der Waals surface area contributed by atoms with E-state index in [0.717, 1.165) is 44.2 Å². The summed E-state index contributed by atoms with van der Waals surface area (Å²) < 4.78 is 33.0. The number of methoxy groups -OCH3 is 1. The predicted octanol–water partition coefficient (Wildman–Crippen LogP) is 5.62. The molecule has 1 N–H and O–H groups in total. The zero-order valence-corrected chi connectivity index (χ0v) is 28.3. The van der Waals surface area contributed by atoms with Crippen molar-refractivity contribution in [1.82, 2.24) is 9.80 Å². The second kappa shape index (κ2) is 13.4. The molecule has 0 saturated carbocycles. The number of carbonyl (C=O) groups excluding carboxylic acids is 1. The van der Waals surface area contributed by atoms with Gasteiger partial charge in [0.2, 0.25) is 0 Å². The van der Waals surface area contributed by atoms with Crippen LogP contribution < -0.4 is 14.5 Å². The minimum atomic E-state index is -1.19. The van der Waals surface area contributed by atoms with Gasteiger partial charge in [-0.1, -0.05) is 41.4 Å². The molecule has 10 nitrogen and oxygen atoms in total. The first-order valence-electron chi connectivity index (χ1n) is 16.0. The van der Waals surface area contributed by atoms with Crippen molar-refractivity contribution in [3.63, 3.8) is 0 Å². The van der Waals surface area contributed by atoms with E-state index < -0.39 is 11.8 Å². The first-order chi connectivity index (χ1) is 23.1. The fourth-order valence-corrected chi connectivity index (χ4v) is 8.20. The summed E-state index contributed by atoms with van der Waals surface area (Å²) in [5.74, 6) is -1.81. The molecule has 7 rings (SSSR count). The third kappa shape index (κ3) is 5.96. The molecule has 3 saturated heterocycles. The van der Waals surface area contributed by atoms with E-state index >= 15 is 4.39 Å². The minimum Gasteiger partial charge on any atom is -0.478 e. The molecule has 3 atom stereocenters. The van der Waals surface area contributed by atoms with Crippen LogP contribution in [0.4, 0.5) is 15.8 Å². The number of piperazine rings is 1. The van der Waals surface area contributed by atoms with Crippen molar-refractivity contribution in [3.05, 3.63) is 75.0 Å². The standard InChI is InChI=1S/C35H37Cl2FN4O6/c1-39-8-9-41(24(15-39)16-46-2)23-10-28(36)32(29(37)11-23)34(43)40-14-20-4-3-5-25(33(20)48-19-40)26-13-31(27(35(44)45)12-30(26)38)42-21-6-7-22(42)18-47-17-21/h3-5,10-13,21-22,24H,6-9,14-19H2,1-2H3,(H,44,45)/t21?,22?,24-/m0/s1. The number of rotatable bonds is 7. The molecule has 3 fully saturated rings. The van der Waals surface area contributed by atoms with Gasteiger partial charge in [0, 0.05) is 49.1 Å². The number of hydrogen-bond acceptors (Lipinski definition) is 8. The van der Waals surface area contributed by atoms with Gasteiger partial charge in [0.05, 0.1) is 71.4 Å². The molecule has 254 valence electrons. The van der Waals surface area contributed by atoms with Crippen LogP contribution in [0.15, 0.2) is 42.5 Å². The number of aromatic carboxylic acids is 1. The summed E-state index contributed by atoms with van der Waals surface area (Å²) in [6, 6.07) is 11.8. The van der Waals surface area contributed by atoms with Crippen LogP contribution in [0.1, 0.15) is 39.1 Å². The Kier molecular flexibility index (Phi) is 9.16. The lowest BCUT2D eigenvalue weighted by atomic mass is 9.96. The van der Waals surface area contributed by atoms with Crippen LogP contribution in [0, 0.1) is 5.82 Å². The molecule has 13 heteroatoms. The average molecular weight is 700 g/mol. The molecule has 4 aliphatic rings. The maximum atomic E-state index is 15.7. The first kappa shape index (κ1) is 32.9. The predicted molar refractivity (Wildman–Crippen MR) is 181 cm³/mol. The summed E-state index contributed by atoms with van der Waals surface area (Å²) in [6.45, 7) is 4.05. The van der Waals surface area contributed by atoms with Gasteiger partial charge in [0.15, 0.2) is 6.73 Å². The molecule has 0 aromatic heterocycles. The van der Waals surface area contributed by atoms with Crippen molar-refractivity contribution in [2.75, 3.05) is 70.1 Å². The third-order valence-corrected chi connectivity index (χ3v) is 10.4. The topological polar surface area (TPSA) is 95.0 Å². The summed E-state index contributed by atoms with van der Waals surface area (Å²) in [5, 5.41) is 10.5. The molecule has 4 heterocycles. The van der Waals surface area contributed by atoms with Crippen molar-refractivity contribution in [2.24, 2.45) is 0 Å². The highest BCUT2D eigenvalue weighted by Gasteiger charge is 2.40. The SMILES string of the molecule is COC[C@@H]1CN(C)CCN1c1cc(Cl)c(C(=O)N2COc3c(cccc3-c3cc(N4C5CCC4COC5)c(C(=O)O)cc3F)C2)c(Cl)c1. The number of carboxylic acids is 1. The monoisotopic (exact) mass is 698 g/mol. The number of carboxylic acid groups (broad SMARTS) is 1. The number of nitrogens with zero attached hydrogens (tertiary/aromatic N) is 4. The summed E-state index contributed by atoms with van der Waals surface area (Å²) in [6.07, 6.45) is 1.76. The molecule has 2 unspecified atom stereocenters. The van der Waals surface area contributed by atoms with Crippen LogP contribution in [0.2, 0.25) is 10.0 Å². The summed E-state index contributed by atoms with van der Waals surface area (Å²) in [4.78, 5) is 34.1. The van der Waals surface area contributed by atoms with Gasteiger partial charge in [0.25, 0.3) is 5.91 Å². The Morgan fingerprint density at radius 3 is 2.46 bits per heavy atom. The molecule has 0 radical (unpaired) electrons. The molecular formula is C35H37Cl2FN4O6. The van der Waals surface area contributed by atoms with E-state index in [0.29, 0.717) is 42.4 Å². The van der Waals surface area contributed by atoms with Gasteiger partial charge in [-0.2, -0.15) is 0 Å². The van der Waals surface area contributed by atoms with E-state index in [9.17, 15) is 14.7 Å². The smallest absolute Gasteiger partial charge is 0.337 e. The average Bonchev–Trinajstić information content (AvgIpc) is 3.30. The molecule has 48 heavy (non-hydrogen) atoms. The van der Waals surface area contributed by atoms with E-state index in [1.807, 2.05) is 6.07 Å². The number of anilines is 2. The lowest BCUT2D eigenvalue weighted by molar-refractivity contribution is 0.0516. The largest absolute Gasteiger partial charge is 0.478 e. The molecule has 3 aromatic rings. The maximum Gasteiger partial charge on any atom is 0.337 e. The van der Waals surface area contributed by atoms with E-state index in [2.05, 4.69) is 21.7 Å². The van der Waals surface area contributed by atoms with Gasteiger partial charge in [0.1, 0.15) is 11.6 Å². The second-order valence-electron chi connectivity index (χ2n) is 12.9. The van der Waals surface area contributed by atoms with Crippen LogP contribution in [0.25, 0.3) is 11.1 Å². The maximum absolute atomic E-state index is 15.7. The lowest BCUT2D eigenvalue weighted by Crippen LogP contribution is -2.54. The Balaban J connectivity index is 1.16. The Morgan fingerprint density at radius 2 is 1.77 bits per heavy atom. The van der Waals surface area contributed by atoms with Crippen LogP contribution in [0.5, 0.6) is 5.75 Å². The molecule has 4 aliphatic heterocycles. The fraction of sp³-hybridized carbons (Fsp3) is 0.429. The summed E-state index contributed by atoms with van der Waals surface area (Å²) in [7, 11) is 3.74. The summed E-state index contributed by atoms with van der Waals surface area (Å²) >= 11 is 13.5. The van der Waals surface area contributed by atoms with Crippen molar-refractivity contribution in [2.45, 2.75) is 37.5 Å². The number of morpholine rings is 1. The summed E-state index contributed by atoms with van der Waals surface area (Å²) in [5.41, 5.74) is 2.77. The van der Waals surface area contributed by atoms with Gasteiger partial charge in [-0.15, -0.1) is 0 Å². The fourth-order valence-electron chi connectivity index (χ4n) is 7.56. The van der Waals surface area contributed by atoms with Crippen molar-refractivity contribution >= 4 is 46.5 Å². The van der Waals surface area contributed by atoms with E-state index in [1.54, 1.807) is 37.4 Å². The quantitative estimate of drug-likeness (QED) is 0.337.